The van der Waals surface area contributed by atoms with Crippen molar-refractivity contribution >= 4 is 17.9 Å². The molecule has 64 heavy (non-hydrogen) atoms. The molecule has 0 spiro atoms. The van der Waals surface area contributed by atoms with E-state index in [2.05, 4.69) is 34.6 Å². The topological polar surface area (TPSA) is 78.9 Å². The summed E-state index contributed by atoms with van der Waals surface area (Å²) in [6.07, 6.45) is 53.7. The SMILES string of the molecule is CCCCCCCCCCCCCCCCCC(=O)O[C@H](COC(=O)CCCCCCCCCCCCCCCCC(C)CC)COC(=O)CCCCCCCCCCCCC(C)C. The van der Waals surface area contributed by atoms with Crippen LogP contribution in [0.15, 0.2) is 0 Å². The third kappa shape index (κ3) is 49.8. The molecule has 0 aromatic heterocycles. The Morgan fingerprint density at radius 3 is 0.891 bits per heavy atom. The van der Waals surface area contributed by atoms with E-state index in [-0.39, 0.29) is 31.1 Å². The predicted octanol–water partition coefficient (Wildman–Crippen LogP) is 18.9. The molecule has 1 unspecified atom stereocenters. The molecule has 0 fully saturated rings. The van der Waals surface area contributed by atoms with E-state index < -0.39 is 6.10 Å². The van der Waals surface area contributed by atoms with Crippen molar-refractivity contribution in [3.8, 4) is 0 Å². The maximum atomic E-state index is 12.8. The van der Waals surface area contributed by atoms with Crippen molar-refractivity contribution in [1.29, 1.82) is 0 Å². The molecule has 2 atom stereocenters. The first-order valence-electron chi connectivity index (χ1n) is 28.8. The first-order chi connectivity index (χ1) is 31.3. The zero-order chi connectivity index (χ0) is 46.8. The molecule has 0 aliphatic rings. The van der Waals surface area contributed by atoms with Crippen LogP contribution < -0.4 is 0 Å². The average molecular weight is 906 g/mol. The van der Waals surface area contributed by atoms with Gasteiger partial charge in [0.25, 0.3) is 0 Å². The second-order valence-corrected chi connectivity index (χ2v) is 20.6. The molecule has 0 saturated heterocycles. The standard InChI is InChI=1S/C58H112O6/c1-6-8-9-10-11-12-13-14-15-20-23-30-35-40-45-50-58(61)64-55(52-63-57(60)49-44-39-34-29-25-24-26-31-36-41-46-53(3)4)51-62-56(59)48-43-38-33-28-22-19-17-16-18-21-27-32-37-42-47-54(5)7-2/h53-55H,6-52H2,1-5H3/t54?,55-/m1/s1. The summed E-state index contributed by atoms with van der Waals surface area (Å²) in [5, 5.41) is 0. The summed E-state index contributed by atoms with van der Waals surface area (Å²) >= 11 is 0. The molecule has 0 amide bonds. The van der Waals surface area contributed by atoms with Gasteiger partial charge in [0.05, 0.1) is 0 Å². The van der Waals surface area contributed by atoms with E-state index in [1.54, 1.807) is 0 Å². The zero-order valence-corrected chi connectivity index (χ0v) is 43.9. The molecule has 0 bridgehead atoms. The first kappa shape index (κ1) is 62.4. The highest BCUT2D eigenvalue weighted by Gasteiger charge is 2.19. The van der Waals surface area contributed by atoms with Gasteiger partial charge in [0.1, 0.15) is 13.2 Å². The number of unbranched alkanes of at least 4 members (excludes halogenated alkanes) is 36. The maximum absolute atomic E-state index is 12.8. The largest absolute Gasteiger partial charge is 0.462 e. The van der Waals surface area contributed by atoms with E-state index in [0.29, 0.717) is 19.3 Å². The minimum atomic E-state index is -0.762. The van der Waals surface area contributed by atoms with Gasteiger partial charge in [-0.05, 0) is 31.1 Å². The fourth-order valence-electron chi connectivity index (χ4n) is 8.84. The van der Waals surface area contributed by atoms with Crippen LogP contribution in [0, 0.1) is 11.8 Å². The molecule has 6 nitrogen and oxygen atoms in total. The lowest BCUT2D eigenvalue weighted by atomic mass is 9.99. The van der Waals surface area contributed by atoms with E-state index in [0.717, 1.165) is 69.6 Å². The van der Waals surface area contributed by atoms with E-state index >= 15 is 0 Å². The monoisotopic (exact) mass is 905 g/mol. The van der Waals surface area contributed by atoms with Gasteiger partial charge in [0, 0.05) is 19.3 Å². The van der Waals surface area contributed by atoms with Crippen LogP contribution in [-0.4, -0.2) is 37.2 Å². The highest BCUT2D eigenvalue weighted by atomic mass is 16.6. The number of hydrogen-bond acceptors (Lipinski definition) is 6. The fraction of sp³-hybridized carbons (Fsp3) is 0.948. The number of esters is 3. The summed E-state index contributed by atoms with van der Waals surface area (Å²) in [7, 11) is 0. The van der Waals surface area contributed by atoms with Crippen LogP contribution in [0.5, 0.6) is 0 Å². The predicted molar refractivity (Wildman–Crippen MR) is 275 cm³/mol. The van der Waals surface area contributed by atoms with Crippen molar-refractivity contribution in [3.63, 3.8) is 0 Å². The van der Waals surface area contributed by atoms with Crippen LogP contribution in [0.2, 0.25) is 0 Å². The fourth-order valence-corrected chi connectivity index (χ4v) is 8.84. The highest BCUT2D eigenvalue weighted by molar-refractivity contribution is 5.71. The highest BCUT2D eigenvalue weighted by Crippen LogP contribution is 2.18. The van der Waals surface area contributed by atoms with Crippen molar-refractivity contribution in [2.45, 2.75) is 330 Å². The molecule has 6 heteroatoms. The third-order valence-electron chi connectivity index (χ3n) is 13.6. The molecule has 0 radical (unpaired) electrons. The molecule has 0 aromatic carbocycles. The average Bonchev–Trinajstić information content (AvgIpc) is 3.28. The summed E-state index contributed by atoms with van der Waals surface area (Å²) < 4.78 is 16.9. The molecule has 0 aromatic rings. The lowest BCUT2D eigenvalue weighted by Crippen LogP contribution is -2.30. The Bertz CT molecular complexity index is 980. The minimum Gasteiger partial charge on any atom is -0.462 e. The van der Waals surface area contributed by atoms with E-state index in [9.17, 15) is 14.4 Å². The molecule has 0 N–H and O–H groups in total. The number of hydrogen-bond donors (Lipinski definition) is 0. The number of rotatable bonds is 52. The smallest absolute Gasteiger partial charge is 0.306 e. The molecular formula is C58H112O6. The van der Waals surface area contributed by atoms with Gasteiger partial charge >= 0.3 is 17.9 Å². The van der Waals surface area contributed by atoms with E-state index in [4.69, 9.17) is 14.2 Å². The lowest BCUT2D eigenvalue weighted by Gasteiger charge is -2.18. The summed E-state index contributed by atoms with van der Waals surface area (Å²) in [6, 6.07) is 0. The second kappa shape index (κ2) is 50.8. The number of ether oxygens (including phenoxy) is 3. The Morgan fingerprint density at radius 1 is 0.328 bits per heavy atom. The normalized spacial score (nSPS) is 12.5. The summed E-state index contributed by atoms with van der Waals surface area (Å²) in [5.74, 6) is 0.874. The van der Waals surface area contributed by atoms with Crippen molar-refractivity contribution < 1.29 is 28.6 Å². The molecule has 0 rings (SSSR count). The van der Waals surface area contributed by atoms with Gasteiger partial charge < -0.3 is 14.2 Å². The Balaban J connectivity index is 4.29. The minimum absolute atomic E-state index is 0.0628. The molecule has 0 heterocycles. The van der Waals surface area contributed by atoms with Crippen LogP contribution in [0.1, 0.15) is 324 Å². The van der Waals surface area contributed by atoms with Gasteiger partial charge in [0.15, 0.2) is 6.10 Å². The summed E-state index contributed by atoms with van der Waals surface area (Å²) in [6.45, 7) is 11.4. The van der Waals surface area contributed by atoms with Gasteiger partial charge in [-0.15, -0.1) is 0 Å². The van der Waals surface area contributed by atoms with Crippen molar-refractivity contribution in [2.75, 3.05) is 13.2 Å². The van der Waals surface area contributed by atoms with Crippen molar-refractivity contribution in [3.05, 3.63) is 0 Å². The van der Waals surface area contributed by atoms with Gasteiger partial charge in [-0.2, -0.15) is 0 Å². The quantitative estimate of drug-likeness (QED) is 0.0344. The van der Waals surface area contributed by atoms with Crippen LogP contribution in [0.3, 0.4) is 0 Å². The van der Waals surface area contributed by atoms with Crippen molar-refractivity contribution in [1.82, 2.24) is 0 Å². The number of carbonyl (C=O) groups excluding carboxylic acids is 3. The molecular weight excluding hydrogens is 793 g/mol. The van der Waals surface area contributed by atoms with Crippen LogP contribution in [0.25, 0.3) is 0 Å². The molecule has 0 aliphatic heterocycles. The Kier molecular flexibility index (Phi) is 49.6. The van der Waals surface area contributed by atoms with Gasteiger partial charge in [-0.3, -0.25) is 14.4 Å². The van der Waals surface area contributed by atoms with Crippen LogP contribution >= 0.6 is 0 Å². The second-order valence-electron chi connectivity index (χ2n) is 20.6. The number of carbonyl (C=O) groups is 3. The zero-order valence-electron chi connectivity index (χ0n) is 43.9. The van der Waals surface area contributed by atoms with E-state index in [1.165, 1.54) is 212 Å². The molecule has 0 saturated carbocycles. The van der Waals surface area contributed by atoms with Crippen LogP contribution in [-0.2, 0) is 28.6 Å². The Labute approximate surface area is 399 Å². The molecule has 0 aliphatic carbocycles. The van der Waals surface area contributed by atoms with Gasteiger partial charge in [-0.25, -0.2) is 0 Å². The Hall–Kier alpha value is -1.59. The third-order valence-corrected chi connectivity index (χ3v) is 13.6. The van der Waals surface area contributed by atoms with E-state index in [1.807, 2.05) is 0 Å². The molecule has 380 valence electrons. The lowest BCUT2D eigenvalue weighted by molar-refractivity contribution is -0.167. The Morgan fingerprint density at radius 2 is 0.594 bits per heavy atom. The van der Waals surface area contributed by atoms with Gasteiger partial charge in [-0.1, -0.05) is 285 Å². The first-order valence-corrected chi connectivity index (χ1v) is 28.8. The summed E-state index contributed by atoms with van der Waals surface area (Å²) in [4.78, 5) is 38.1. The summed E-state index contributed by atoms with van der Waals surface area (Å²) in [5.41, 5.74) is 0. The van der Waals surface area contributed by atoms with Crippen LogP contribution in [0.4, 0.5) is 0 Å². The van der Waals surface area contributed by atoms with Gasteiger partial charge in [0.2, 0.25) is 0 Å². The maximum Gasteiger partial charge on any atom is 0.306 e. The van der Waals surface area contributed by atoms with Crippen molar-refractivity contribution in [2.24, 2.45) is 11.8 Å².